The van der Waals surface area contributed by atoms with E-state index in [2.05, 4.69) is 5.32 Å². The van der Waals surface area contributed by atoms with Gasteiger partial charge in [-0.2, -0.15) is 0 Å². The predicted octanol–water partition coefficient (Wildman–Crippen LogP) is 2.56. The highest BCUT2D eigenvalue weighted by atomic mass is 35.5. The average Bonchev–Trinajstić information content (AvgIpc) is 2.58. The highest BCUT2D eigenvalue weighted by Crippen LogP contribution is 2.37. The highest BCUT2D eigenvalue weighted by Gasteiger charge is 2.35. The third-order valence-corrected chi connectivity index (χ3v) is 6.15. The Labute approximate surface area is 153 Å². The summed E-state index contributed by atoms with van der Waals surface area (Å²) in [6.07, 6.45) is 6.17. The molecular formula is C17H23ClN2O4S. The number of carbonyl (C=O) groups excluding carboxylic acids is 1. The van der Waals surface area contributed by atoms with Gasteiger partial charge in [0.05, 0.1) is 18.5 Å². The van der Waals surface area contributed by atoms with Crippen LogP contribution in [0.5, 0.6) is 5.75 Å². The Morgan fingerprint density at radius 2 is 2.04 bits per heavy atom. The van der Waals surface area contributed by atoms with Gasteiger partial charge in [-0.25, -0.2) is 8.42 Å². The summed E-state index contributed by atoms with van der Waals surface area (Å²) in [5.74, 6) is 0.567. The predicted molar refractivity (Wildman–Crippen MR) is 97.6 cm³/mol. The number of hydrogen-bond donors (Lipinski definition) is 1. The minimum Gasteiger partial charge on any atom is -0.476 e. The zero-order valence-corrected chi connectivity index (χ0v) is 15.8. The van der Waals surface area contributed by atoms with Gasteiger partial charge in [0.15, 0.2) is 6.10 Å². The fourth-order valence-corrected chi connectivity index (χ4v) is 4.50. The second kappa shape index (κ2) is 7.41. The molecule has 1 aliphatic heterocycles. The van der Waals surface area contributed by atoms with Gasteiger partial charge in [-0.3, -0.25) is 9.10 Å². The van der Waals surface area contributed by atoms with Gasteiger partial charge in [0.25, 0.3) is 5.91 Å². The summed E-state index contributed by atoms with van der Waals surface area (Å²) in [5, 5.41) is 3.34. The molecule has 25 heavy (non-hydrogen) atoms. The van der Waals surface area contributed by atoms with Crippen molar-refractivity contribution in [3.8, 4) is 5.75 Å². The van der Waals surface area contributed by atoms with E-state index >= 15 is 0 Å². The standard InChI is InChI=1S/C17H23ClN2O4S/c1-25(22,23)20-11-16(24-15-8-7-13(18)9-14(15)20)17(21)19-10-12-5-3-2-4-6-12/h7-9,12,16H,2-6,10-11H2,1H3,(H,19,21)/t16-/m1/s1. The molecule has 1 fully saturated rings. The van der Waals surface area contributed by atoms with Crippen molar-refractivity contribution < 1.29 is 17.9 Å². The van der Waals surface area contributed by atoms with Gasteiger partial charge in [-0.15, -0.1) is 0 Å². The maximum atomic E-state index is 12.5. The van der Waals surface area contributed by atoms with Crippen LogP contribution in [0, 0.1) is 5.92 Å². The second-order valence-electron chi connectivity index (χ2n) is 6.76. The highest BCUT2D eigenvalue weighted by molar-refractivity contribution is 7.92. The van der Waals surface area contributed by atoms with Gasteiger partial charge in [0.1, 0.15) is 5.75 Å². The monoisotopic (exact) mass is 386 g/mol. The fraction of sp³-hybridized carbons (Fsp3) is 0.588. The maximum absolute atomic E-state index is 12.5. The zero-order valence-electron chi connectivity index (χ0n) is 14.2. The van der Waals surface area contributed by atoms with Crippen LogP contribution in [0.15, 0.2) is 18.2 Å². The van der Waals surface area contributed by atoms with E-state index in [1.807, 2.05) is 0 Å². The molecule has 1 amide bonds. The number of rotatable bonds is 4. The summed E-state index contributed by atoms with van der Waals surface area (Å²) in [5.41, 5.74) is 0.367. The van der Waals surface area contributed by atoms with Crippen LogP contribution in [0.3, 0.4) is 0 Å². The Balaban J connectivity index is 1.72. The molecule has 0 spiro atoms. The van der Waals surface area contributed by atoms with E-state index in [1.54, 1.807) is 12.1 Å². The Hall–Kier alpha value is -1.47. The van der Waals surface area contributed by atoms with Crippen molar-refractivity contribution in [2.24, 2.45) is 5.92 Å². The van der Waals surface area contributed by atoms with Gasteiger partial charge in [-0.1, -0.05) is 30.9 Å². The molecule has 0 saturated heterocycles. The van der Waals surface area contributed by atoms with E-state index in [9.17, 15) is 13.2 Å². The number of fused-ring (bicyclic) bond motifs is 1. The van der Waals surface area contributed by atoms with Gasteiger partial charge in [0, 0.05) is 11.6 Å². The number of amides is 1. The summed E-state index contributed by atoms with van der Waals surface area (Å²) < 4.78 is 31.2. The normalized spacial score (nSPS) is 21.4. The van der Waals surface area contributed by atoms with Crippen LogP contribution in [0.1, 0.15) is 32.1 Å². The van der Waals surface area contributed by atoms with Crippen LogP contribution < -0.4 is 14.4 Å². The third kappa shape index (κ3) is 4.39. The molecule has 0 aromatic heterocycles. The van der Waals surface area contributed by atoms with Crippen molar-refractivity contribution in [1.82, 2.24) is 5.32 Å². The van der Waals surface area contributed by atoms with Crippen LogP contribution in [-0.4, -0.2) is 39.8 Å². The smallest absolute Gasteiger partial charge is 0.263 e. The minimum atomic E-state index is -3.54. The average molecular weight is 387 g/mol. The number of nitrogens with zero attached hydrogens (tertiary/aromatic N) is 1. The first-order valence-electron chi connectivity index (χ1n) is 8.56. The summed E-state index contributed by atoms with van der Waals surface area (Å²) in [7, 11) is -3.54. The van der Waals surface area contributed by atoms with Crippen LogP contribution >= 0.6 is 11.6 Å². The Morgan fingerprint density at radius 1 is 1.32 bits per heavy atom. The molecular weight excluding hydrogens is 364 g/mol. The SMILES string of the molecule is CS(=O)(=O)N1C[C@H](C(=O)NCC2CCCCC2)Oc2ccc(Cl)cc21. The van der Waals surface area contributed by atoms with Crippen molar-refractivity contribution in [2.45, 2.75) is 38.2 Å². The van der Waals surface area contributed by atoms with E-state index < -0.39 is 16.1 Å². The summed E-state index contributed by atoms with van der Waals surface area (Å²) in [6, 6.07) is 4.74. The molecule has 1 heterocycles. The molecule has 6 nitrogen and oxygen atoms in total. The molecule has 2 aliphatic rings. The van der Waals surface area contributed by atoms with Crippen LogP contribution in [0.2, 0.25) is 5.02 Å². The van der Waals surface area contributed by atoms with Crippen molar-refractivity contribution in [3.05, 3.63) is 23.2 Å². The van der Waals surface area contributed by atoms with Gasteiger partial charge < -0.3 is 10.1 Å². The number of hydrogen-bond acceptors (Lipinski definition) is 4. The lowest BCUT2D eigenvalue weighted by molar-refractivity contribution is -0.128. The molecule has 1 aromatic rings. The topological polar surface area (TPSA) is 75.7 Å². The summed E-state index contributed by atoms with van der Waals surface area (Å²) in [6.45, 7) is 0.563. The third-order valence-electron chi connectivity index (χ3n) is 4.77. The van der Waals surface area contributed by atoms with Crippen molar-refractivity contribution in [3.63, 3.8) is 0 Å². The quantitative estimate of drug-likeness (QED) is 0.862. The summed E-state index contributed by atoms with van der Waals surface area (Å²) in [4.78, 5) is 12.5. The molecule has 0 bridgehead atoms. The van der Waals surface area contributed by atoms with Crippen LogP contribution in [0.25, 0.3) is 0 Å². The second-order valence-corrected chi connectivity index (χ2v) is 9.11. The molecule has 1 aromatic carbocycles. The summed E-state index contributed by atoms with van der Waals surface area (Å²) >= 11 is 5.97. The Kier molecular flexibility index (Phi) is 5.43. The van der Waals surface area contributed by atoms with E-state index in [4.69, 9.17) is 16.3 Å². The molecule has 1 N–H and O–H groups in total. The lowest BCUT2D eigenvalue weighted by Gasteiger charge is -2.34. The number of benzene rings is 1. The first kappa shape index (κ1) is 18.3. The molecule has 1 atom stereocenters. The number of anilines is 1. The van der Waals surface area contributed by atoms with Gasteiger partial charge in [0.2, 0.25) is 10.0 Å². The first-order chi connectivity index (χ1) is 11.8. The minimum absolute atomic E-state index is 0.0529. The van der Waals surface area contributed by atoms with Crippen molar-refractivity contribution in [1.29, 1.82) is 0 Å². The number of halogens is 1. The molecule has 138 valence electrons. The molecule has 8 heteroatoms. The molecule has 3 rings (SSSR count). The lowest BCUT2D eigenvalue weighted by Crippen LogP contribution is -2.51. The number of ether oxygens (including phenoxy) is 1. The fourth-order valence-electron chi connectivity index (χ4n) is 3.43. The first-order valence-corrected chi connectivity index (χ1v) is 10.8. The van der Waals surface area contributed by atoms with Crippen molar-refractivity contribution >= 4 is 33.2 Å². The van der Waals surface area contributed by atoms with Crippen LogP contribution in [-0.2, 0) is 14.8 Å². The van der Waals surface area contributed by atoms with Gasteiger partial charge >= 0.3 is 0 Å². The van der Waals surface area contributed by atoms with Crippen LogP contribution in [0.4, 0.5) is 5.69 Å². The number of sulfonamides is 1. The van der Waals surface area contributed by atoms with E-state index in [1.165, 1.54) is 29.6 Å². The largest absolute Gasteiger partial charge is 0.476 e. The number of nitrogens with one attached hydrogen (secondary N) is 1. The molecule has 1 aliphatic carbocycles. The Morgan fingerprint density at radius 3 is 2.72 bits per heavy atom. The van der Waals surface area contributed by atoms with Crippen molar-refractivity contribution in [2.75, 3.05) is 23.7 Å². The molecule has 0 unspecified atom stereocenters. The maximum Gasteiger partial charge on any atom is 0.263 e. The van der Waals surface area contributed by atoms with Gasteiger partial charge in [-0.05, 0) is 37.0 Å². The van der Waals surface area contributed by atoms with E-state index in [0.717, 1.165) is 19.1 Å². The van der Waals surface area contributed by atoms with E-state index in [0.29, 0.717) is 28.9 Å². The molecule has 1 saturated carbocycles. The molecule has 0 radical (unpaired) electrons. The number of carbonyl (C=O) groups is 1. The van der Waals surface area contributed by atoms with E-state index in [-0.39, 0.29) is 12.5 Å². The zero-order chi connectivity index (χ0) is 18.0. The Bertz CT molecular complexity index is 747. The lowest BCUT2D eigenvalue weighted by atomic mass is 9.89.